The molecule has 3 rings (SSSR count). The lowest BCUT2D eigenvalue weighted by Gasteiger charge is -2.28. The van der Waals surface area contributed by atoms with Gasteiger partial charge in [-0.05, 0) is 49.9 Å². The van der Waals surface area contributed by atoms with Gasteiger partial charge in [-0.15, -0.1) is 11.3 Å². The highest BCUT2D eigenvalue weighted by Crippen LogP contribution is 2.14. The number of thiophene rings is 1. The van der Waals surface area contributed by atoms with Gasteiger partial charge in [0.05, 0.1) is 6.54 Å². The molecule has 0 radical (unpaired) electrons. The Morgan fingerprint density at radius 1 is 1.48 bits per heavy atom. The average Bonchev–Trinajstić information content (AvgIpc) is 3.10. The molecule has 2 unspecified atom stereocenters. The van der Waals surface area contributed by atoms with Crippen LogP contribution in [0.2, 0.25) is 0 Å². The Morgan fingerprint density at radius 2 is 2.38 bits per heavy atom. The minimum atomic E-state index is 0.0376. The van der Waals surface area contributed by atoms with Crippen LogP contribution < -0.4 is 10.6 Å². The number of carbonyl (C=O) groups excluding carboxylic acids is 1. The molecule has 5 heteroatoms. The predicted octanol–water partition coefficient (Wildman–Crippen LogP) is 2.47. The van der Waals surface area contributed by atoms with Crippen molar-refractivity contribution in [2.45, 2.75) is 38.4 Å². The number of hydrogen-bond donors (Lipinski definition) is 2. The lowest BCUT2D eigenvalue weighted by atomic mass is 10.0. The molecule has 3 heterocycles. The summed E-state index contributed by atoms with van der Waals surface area (Å²) >= 11 is 1.72. The fourth-order valence-electron chi connectivity index (χ4n) is 2.85. The van der Waals surface area contributed by atoms with Crippen molar-refractivity contribution < 1.29 is 4.79 Å². The van der Waals surface area contributed by atoms with Crippen LogP contribution in [0, 0.1) is 0 Å². The maximum atomic E-state index is 12.5. The summed E-state index contributed by atoms with van der Waals surface area (Å²) in [5.74, 6) is 0.0376. The van der Waals surface area contributed by atoms with Crippen molar-refractivity contribution in [2.75, 3.05) is 6.54 Å². The van der Waals surface area contributed by atoms with E-state index < -0.39 is 0 Å². The molecule has 2 N–H and O–H groups in total. The van der Waals surface area contributed by atoms with Gasteiger partial charge in [-0.2, -0.15) is 0 Å². The first-order chi connectivity index (χ1) is 10.2. The van der Waals surface area contributed by atoms with Crippen molar-refractivity contribution in [1.82, 2.24) is 15.2 Å². The first-order valence-corrected chi connectivity index (χ1v) is 8.32. The summed E-state index contributed by atoms with van der Waals surface area (Å²) in [6.07, 6.45) is 3.97. The van der Waals surface area contributed by atoms with Gasteiger partial charge in [0.15, 0.2) is 0 Å². The summed E-state index contributed by atoms with van der Waals surface area (Å²) in [7, 11) is 0. The molecule has 1 aliphatic rings. The van der Waals surface area contributed by atoms with Crippen LogP contribution in [0.1, 0.15) is 35.1 Å². The summed E-state index contributed by atoms with van der Waals surface area (Å²) < 4.78 is 2.02. The van der Waals surface area contributed by atoms with E-state index in [1.807, 2.05) is 29.0 Å². The van der Waals surface area contributed by atoms with Gasteiger partial charge in [-0.3, -0.25) is 4.79 Å². The van der Waals surface area contributed by atoms with E-state index in [9.17, 15) is 4.79 Å². The first kappa shape index (κ1) is 14.4. The van der Waals surface area contributed by atoms with Crippen LogP contribution in [0.5, 0.6) is 0 Å². The topological polar surface area (TPSA) is 46.1 Å². The highest BCUT2D eigenvalue weighted by Gasteiger charge is 2.21. The Balaban J connectivity index is 1.66. The van der Waals surface area contributed by atoms with Crippen molar-refractivity contribution in [3.8, 4) is 0 Å². The third-order valence-electron chi connectivity index (χ3n) is 3.93. The molecule has 0 saturated carbocycles. The van der Waals surface area contributed by atoms with Gasteiger partial charge in [0.1, 0.15) is 5.69 Å². The standard InChI is InChI=1S/C16H21N3OS/c1-12-10-13(6-7-17-12)18-16(20)15-5-2-8-19(15)11-14-4-3-9-21-14/h2-5,8-9,12-13,17H,6-7,10-11H2,1H3,(H,18,20). The third kappa shape index (κ3) is 3.54. The van der Waals surface area contributed by atoms with E-state index in [0.717, 1.165) is 31.6 Å². The number of amides is 1. The van der Waals surface area contributed by atoms with Gasteiger partial charge >= 0.3 is 0 Å². The van der Waals surface area contributed by atoms with Crippen LogP contribution in [0.4, 0.5) is 0 Å². The zero-order chi connectivity index (χ0) is 14.7. The van der Waals surface area contributed by atoms with Crippen LogP contribution >= 0.6 is 11.3 Å². The maximum absolute atomic E-state index is 12.5. The van der Waals surface area contributed by atoms with Gasteiger partial charge in [0.25, 0.3) is 5.91 Å². The van der Waals surface area contributed by atoms with Gasteiger partial charge in [-0.1, -0.05) is 6.07 Å². The van der Waals surface area contributed by atoms with E-state index in [4.69, 9.17) is 0 Å². The molecule has 1 fully saturated rings. The van der Waals surface area contributed by atoms with Crippen LogP contribution in [0.15, 0.2) is 35.8 Å². The smallest absolute Gasteiger partial charge is 0.268 e. The second kappa shape index (κ2) is 6.45. The number of piperidine rings is 1. The number of carbonyl (C=O) groups is 1. The second-order valence-electron chi connectivity index (χ2n) is 5.65. The molecule has 0 aromatic carbocycles. The van der Waals surface area contributed by atoms with Crippen molar-refractivity contribution in [2.24, 2.45) is 0 Å². The molecule has 2 aromatic heterocycles. The second-order valence-corrected chi connectivity index (χ2v) is 6.68. The Labute approximate surface area is 129 Å². The molecule has 4 nitrogen and oxygen atoms in total. The monoisotopic (exact) mass is 303 g/mol. The molecule has 1 aliphatic heterocycles. The highest BCUT2D eigenvalue weighted by atomic mass is 32.1. The van der Waals surface area contributed by atoms with Gasteiger partial charge in [0.2, 0.25) is 0 Å². The third-order valence-corrected chi connectivity index (χ3v) is 4.79. The summed E-state index contributed by atoms with van der Waals surface area (Å²) in [5.41, 5.74) is 0.745. The van der Waals surface area contributed by atoms with Gasteiger partial charge in [-0.25, -0.2) is 0 Å². The molecule has 0 bridgehead atoms. The van der Waals surface area contributed by atoms with E-state index >= 15 is 0 Å². The lowest BCUT2D eigenvalue weighted by molar-refractivity contribution is 0.0916. The maximum Gasteiger partial charge on any atom is 0.268 e. The molecule has 112 valence electrons. The summed E-state index contributed by atoms with van der Waals surface area (Å²) in [4.78, 5) is 13.7. The van der Waals surface area contributed by atoms with Crippen molar-refractivity contribution >= 4 is 17.2 Å². The zero-order valence-electron chi connectivity index (χ0n) is 12.2. The molecule has 1 saturated heterocycles. The first-order valence-electron chi connectivity index (χ1n) is 7.44. The van der Waals surface area contributed by atoms with Crippen LogP contribution in [-0.4, -0.2) is 29.1 Å². The van der Waals surface area contributed by atoms with E-state index in [2.05, 4.69) is 29.0 Å². The number of nitrogens with one attached hydrogen (secondary N) is 2. The fourth-order valence-corrected chi connectivity index (χ4v) is 3.55. The zero-order valence-corrected chi connectivity index (χ0v) is 13.0. The Bertz CT molecular complexity index is 590. The van der Waals surface area contributed by atoms with Gasteiger partial charge < -0.3 is 15.2 Å². The van der Waals surface area contributed by atoms with E-state index in [-0.39, 0.29) is 11.9 Å². The summed E-state index contributed by atoms with van der Waals surface area (Å²) in [6, 6.07) is 8.72. The van der Waals surface area contributed by atoms with Crippen LogP contribution in [0.25, 0.3) is 0 Å². The van der Waals surface area contributed by atoms with E-state index in [1.54, 1.807) is 11.3 Å². The van der Waals surface area contributed by atoms with E-state index in [1.165, 1.54) is 4.88 Å². The largest absolute Gasteiger partial charge is 0.348 e. The molecular weight excluding hydrogens is 282 g/mol. The molecule has 2 atom stereocenters. The van der Waals surface area contributed by atoms with Crippen molar-refractivity contribution in [3.63, 3.8) is 0 Å². The molecule has 0 spiro atoms. The normalized spacial score (nSPS) is 22.1. The number of hydrogen-bond acceptors (Lipinski definition) is 3. The number of aromatic nitrogens is 1. The Kier molecular flexibility index (Phi) is 4.41. The lowest BCUT2D eigenvalue weighted by Crippen LogP contribution is -2.46. The highest BCUT2D eigenvalue weighted by molar-refractivity contribution is 7.09. The van der Waals surface area contributed by atoms with Gasteiger partial charge in [0, 0.05) is 23.2 Å². The van der Waals surface area contributed by atoms with Crippen molar-refractivity contribution in [3.05, 3.63) is 46.4 Å². The molecular formula is C16H21N3OS. The fraction of sp³-hybridized carbons (Fsp3) is 0.438. The number of rotatable bonds is 4. The van der Waals surface area contributed by atoms with Crippen LogP contribution in [-0.2, 0) is 6.54 Å². The van der Waals surface area contributed by atoms with E-state index in [0.29, 0.717) is 6.04 Å². The number of nitrogens with zero attached hydrogens (tertiary/aromatic N) is 1. The molecule has 1 amide bonds. The van der Waals surface area contributed by atoms with Crippen LogP contribution in [0.3, 0.4) is 0 Å². The predicted molar refractivity (Wildman–Crippen MR) is 85.8 cm³/mol. The molecule has 2 aromatic rings. The quantitative estimate of drug-likeness (QED) is 0.911. The minimum absolute atomic E-state index is 0.0376. The molecule has 21 heavy (non-hydrogen) atoms. The SMILES string of the molecule is CC1CC(NC(=O)c2cccn2Cc2cccs2)CCN1. The summed E-state index contributed by atoms with van der Waals surface area (Å²) in [5, 5.41) is 8.65. The minimum Gasteiger partial charge on any atom is -0.348 e. The summed E-state index contributed by atoms with van der Waals surface area (Å²) in [6.45, 7) is 3.90. The average molecular weight is 303 g/mol. The molecule has 0 aliphatic carbocycles. The Hall–Kier alpha value is -1.59. The van der Waals surface area contributed by atoms with Crippen molar-refractivity contribution in [1.29, 1.82) is 0 Å². The Morgan fingerprint density at radius 3 is 3.14 bits per heavy atom.